The zero-order valence-corrected chi connectivity index (χ0v) is 14.9. The number of rotatable bonds is 8. The van der Waals surface area contributed by atoms with Crippen molar-refractivity contribution in [2.45, 2.75) is 59.0 Å². The minimum absolute atomic E-state index is 0.0636. The largest absolute Gasteiger partial charge is 0.444 e. The molecular weight excluding hydrogens is 290 g/mol. The summed E-state index contributed by atoms with van der Waals surface area (Å²) in [6.45, 7) is 8.07. The lowest BCUT2D eigenvalue weighted by molar-refractivity contribution is 0.0449. The van der Waals surface area contributed by atoms with Gasteiger partial charge in [0.2, 0.25) is 0 Å². The number of benzene rings is 1. The molecule has 1 rings (SSSR count). The van der Waals surface area contributed by atoms with Crippen LogP contribution < -0.4 is 5.32 Å². The quantitative estimate of drug-likeness (QED) is 0.763. The molecule has 2 N–H and O–H groups in total. The zero-order valence-electron chi connectivity index (χ0n) is 14.9. The smallest absolute Gasteiger partial charge is 0.407 e. The van der Waals surface area contributed by atoms with Crippen LogP contribution in [0, 0.1) is 5.41 Å². The molecule has 0 spiro atoms. The summed E-state index contributed by atoms with van der Waals surface area (Å²) < 4.78 is 5.26. The Kier molecular flexibility index (Phi) is 7.56. The Hall–Kier alpha value is -1.55. The van der Waals surface area contributed by atoms with Gasteiger partial charge in [-0.1, -0.05) is 37.3 Å². The molecule has 1 unspecified atom stereocenters. The number of hydrogen-bond acceptors (Lipinski definition) is 3. The van der Waals surface area contributed by atoms with Gasteiger partial charge in [-0.05, 0) is 52.0 Å². The third kappa shape index (κ3) is 7.51. The molecule has 1 atom stereocenters. The Morgan fingerprint density at radius 1 is 1.22 bits per heavy atom. The van der Waals surface area contributed by atoms with E-state index in [0.717, 1.165) is 25.7 Å². The minimum atomic E-state index is -0.508. The lowest BCUT2D eigenvalue weighted by Gasteiger charge is -2.31. The Morgan fingerprint density at radius 2 is 1.87 bits per heavy atom. The summed E-state index contributed by atoms with van der Waals surface area (Å²) in [5.74, 6) is 0. The third-order valence-corrected chi connectivity index (χ3v) is 4.11. The lowest BCUT2D eigenvalue weighted by atomic mass is 9.80. The van der Waals surface area contributed by atoms with Crippen LogP contribution in [0.4, 0.5) is 4.79 Å². The third-order valence-electron chi connectivity index (χ3n) is 4.11. The summed E-state index contributed by atoms with van der Waals surface area (Å²) in [6.07, 6.45) is 3.22. The van der Waals surface area contributed by atoms with E-state index in [2.05, 4.69) is 24.4 Å². The van der Waals surface area contributed by atoms with Gasteiger partial charge >= 0.3 is 6.09 Å². The first kappa shape index (κ1) is 19.5. The van der Waals surface area contributed by atoms with Gasteiger partial charge in [-0.25, -0.2) is 4.79 Å². The number of hydrogen-bond donors (Lipinski definition) is 2. The molecular formula is C19H31NO3. The zero-order chi connectivity index (χ0) is 17.3. The van der Waals surface area contributed by atoms with E-state index >= 15 is 0 Å². The highest BCUT2D eigenvalue weighted by Crippen LogP contribution is 2.28. The molecule has 0 aromatic heterocycles. The maximum Gasteiger partial charge on any atom is 0.407 e. The van der Waals surface area contributed by atoms with Crippen molar-refractivity contribution < 1.29 is 14.6 Å². The number of aliphatic hydroxyl groups is 1. The monoisotopic (exact) mass is 321 g/mol. The maximum atomic E-state index is 11.8. The van der Waals surface area contributed by atoms with E-state index in [1.807, 2.05) is 39.0 Å². The van der Waals surface area contributed by atoms with Gasteiger partial charge in [0.1, 0.15) is 5.60 Å². The highest BCUT2D eigenvalue weighted by atomic mass is 16.6. The molecule has 0 aliphatic carbocycles. The van der Waals surface area contributed by atoms with Gasteiger partial charge in [0.15, 0.2) is 0 Å². The fraction of sp³-hybridized carbons (Fsp3) is 0.632. The van der Waals surface area contributed by atoms with Crippen LogP contribution in [0.1, 0.15) is 52.5 Å². The van der Waals surface area contributed by atoms with Crippen molar-refractivity contribution in [3.8, 4) is 0 Å². The molecule has 0 radical (unpaired) electrons. The number of aliphatic hydroxyl groups excluding tert-OH is 1. The number of amides is 1. The summed E-state index contributed by atoms with van der Waals surface area (Å²) in [6, 6.07) is 10.3. The highest BCUT2D eigenvalue weighted by Gasteiger charge is 2.28. The van der Waals surface area contributed by atoms with E-state index in [0.29, 0.717) is 6.54 Å². The molecule has 4 heteroatoms. The van der Waals surface area contributed by atoms with E-state index in [1.54, 1.807) is 0 Å². The van der Waals surface area contributed by atoms with Gasteiger partial charge in [0.25, 0.3) is 0 Å². The van der Waals surface area contributed by atoms with Crippen molar-refractivity contribution in [1.29, 1.82) is 0 Å². The molecule has 1 aromatic carbocycles. The lowest BCUT2D eigenvalue weighted by Crippen LogP contribution is -2.42. The van der Waals surface area contributed by atoms with Crippen LogP contribution in [0.2, 0.25) is 0 Å². The summed E-state index contributed by atoms with van der Waals surface area (Å²) in [7, 11) is 0. The second-order valence-corrected chi connectivity index (χ2v) is 7.21. The predicted octanol–water partition coefficient (Wildman–Crippen LogP) is 3.92. The van der Waals surface area contributed by atoms with E-state index in [-0.39, 0.29) is 12.0 Å². The number of ether oxygens (including phenoxy) is 1. The molecule has 0 aliphatic heterocycles. The van der Waals surface area contributed by atoms with Crippen LogP contribution in [0.5, 0.6) is 0 Å². The van der Waals surface area contributed by atoms with Crippen molar-refractivity contribution in [3.05, 3.63) is 35.9 Å². The second kappa shape index (κ2) is 8.92. The first-order valence-corrected chi connectivity index (χ1v) is 8.42. The number of alkyl carbamates (subject to hydrolysis) is 1. The van der Waals surface area contributed by atoms with Crippen LogP contribution >= 0.6 is 0 Å². The van der Waals surface area contributed by atoms with E-state index in [9.17, 15) is 9.90 Å². The average Bonchev–Trinajstić information content (AvgIpc) is 2.50. The minimum Gasteiger partial charge on any atom is -0.444 e. The maximum absolute atomic E-state index is 11.8. The molecule has 0 fully saturated rings. The molecule has 0 saturated heterocycles. The first-order chi connectivity index (χ1) is 10.8. The van der Waals surface area contributed by atoms with Gasteiger partial charge in [-0.2, -0.15) is 0 Å². The van der Waals surface area contributed by atoms with Gasteiger partial charge in [-0.3, -0.25) is 0 Å². The van der Waals surface area contributed by atoms with Crippen molar-refractivity contribution >= 4 is 6.09 Å². The average molecular weight is 321 g/mol. The van der Waals surface area contributed by atoms with Crippen LogP contribution in [0.3, 0.4) is 0 Å². The Labute approximate surface area is 140 Å². The normalized spacial score (nSPS) is 14.1. The molecule has 0 heterocycles. The van der Waals surface area contributed by atoms with Crippen molar-refractivity contribution in [2.75, 3.05) is 13.2 Å². The van der Waals surface area contributed by atoms with Crippen LogP contribution in [-0.4, -0.2) is 30.0 Å². The Balaban J connectivity index is 2.49. The molecule has 0 saturated carbocycles. The molecule has 0 aliphatic rings. The van der Waals surface area contributed by atoms with Crippen LogP contribution in [0.15, 0.2) is 30.3 Å². The standard InChI is InChI=1S/C19H31NO3/c1-5-19(15-21,14-20-17(22)23-18(2,3)4)13-9-12-16-10-7-6-8-11-16/h6-8,10-11,21H,5,9,12-15H2,1-4H3,(H,20,22). The predicted molar refractivity (Wildman–Crippen MR) is 93.4 cm³/mol. The van der Waals surface area contributed by atoms with Gasteiger partial charge in [0.05, 0.1) is 6.61 Å². The van der Waals surface area contributed by atoms with Crippen molar-refractivity contribution in [1.82, 2.24) is 5.32 Å². The van der Waals surface area contributed by atoms with Crippen molar-refractivity contribution in [3.63, 3.8) is 0 Å². The topological polar surface area (TPSA) is 58.6 Å². The summed E-state index contributed by atoms with van der Waals surface area (Å²) >= 11 is 0. The molecule has 1 amide bonds. The van der Waals surface area contributed by atoms with Gasteiger partial charge in [-0.15, -0.1) is 0 Å². The molecule has 130 valence electrons. The van der Waals surface area contributed by atoms with E-state index < -0.39 is 11.7 Å². The molecule has 0 bridgehead atoms. The first-order valence-electron chi connectivity index (χ1n) is 8.42. The van der Waals surface area contributed by atoms with Crippen LogP contribution in [-0.2, 0) is 11.2 Å². The van der Waals surface area contributed by atoms with Crippen LogP contribution in [0.25, 0.3) is 0 Å². The van der Waals surface area contributed by atoms with Gasteiger partial charge < -0.3 is 15.2 Å². The summed E-state index contributed by atoms with van der Waals surface area (Å²) in [5, 5.41) is 12.6. The fourth-order valence-electron chi connectivity index (χ4n) is 2.52. The van der Waals surface area contributed by atoms with E-state index in [4.69, 9.17) is 4.74 Å². The molecule has 1 aromatic rings. The van der Waals surface area contributed by atoms with E-state index in [1.165, 1.54) is 5.56 Å². The summed E-state index contributed by atoms with van der Waals surface area (Å²) in [5.41, 5.74) is 0.507. The Bertz CT molecular complexity index is 461. The van der Waals surface area contributed by atoms with Crippen molar-refractivity contribution in [2.24, 2.45) is 5.41 Å². The number of aryl methyl sites for hydroxylation is 1. The van der Waals surface area contributed by atoms with Gasteiger partial charge in [0, 0.05) is 12.0 Å². The molecule has 4 nitrogen and oxygen atoms in total. The number of carbonyl (C=O) groups is 1. The summed E-state index contributed by atoms with van der Waals surface area (Å²) in [4.78, 5) is 11.8. The molecule has 23 heavy (non-hydrogen) atoms. The Morgan fingerprint density at radius 3 is 2.39 bits per heavy atom. The second-order valence-electron chi connectivity index (χ2n) is 7.21. The fourth-order valence-corrected chi connectivity index (χ4v) is 2.52. The number of carbonyl (C=O) groups excluding carboxylic acids is 1. The SMILES string of the molecule is CCC(CO)(CCCc1ccccc1)CNC(=O)OC(C)(C)C. The number of nitrogens with one attached hydrogen (secondary N) is 1. The highest BCUT2D eigenvalue weighted by molar-refractivity contribution is 5.67.